The Hall–Kier alpha value is -2.22. The van der Waals surface area contributed by atoms with E-state index in [4.69, 9.17) is 9.47 Å². The summed E-state index contributed by atoms with van der Waals surface area (Å²) in [7, 11) is 0. The Morgan fingerprint density at radius 1 is 1.24 bits per heavy atom. The highest BCUT2D eigenvalue weighted by Gasteiger charge is 2.13. The van der Waals surface area contributed by atoms with Gasteiger partial charge in [0.15, 0.2) is 11.5 Å². The van der Waals surface area contributed by atoms with Gasteiger partial charge in [0.2, 0.25) is 11.1 Å². The quantitative estimate of drug-likeness (QED) is 0.493. The van der Waals surface area contributed by atoms with E-state index in [2.05, 4.69) is 27.4 Å². The summed E-state index contributed by atoms with van der Waals surface area (Å²) >= 11 is 1.50. The van der Waals surface area contributed by atoms with E-state index in [1.807, 2.05) is 13.8 Å². The van der Waals surface area contributed by atoms with E-state index in [1.165, 1.54) is 11.8 Å². The number of amides is 1. The van der Waals surface area contributed by atoms with Gasteiger partial charge < -0.3 is 9.47 Å². The second-order valence-corrected chi connectivity index (χ2v) is 6.38. The molecule has 136 valence electrons. The Bertz CT molecular complexity index is 690. The van der Waals surface area contributed by atoms with Gasteiger partial charge >= 0.3 is 0 Å². The number of carbonyl (C=O) groups is 1. The molecule has 7 nitrogen and oxygen atoms in total. The standard InChI is InChI=1S/C17H24N4O3S/c1-4-7-10-24-13-9-8-12(11-14(13)23-5-2)15(22)18-16-19-17(21-20-16)25-6-3/h8-9,11H,4-7,10H2,1-3H3,(H2,18,19,20,21,22). The minimum atomic E-state index is -0.287. The number of hydrogen-bond donors (Lipinski definition) is 2. The lowest BCUT2D eigenvalue weighted by molar-refractivity contribution is 0.102. The van der Waals surface area contributed by atoms with Crippen LogP contribution in [0.5, 0.6) is 11.5 Å². The lowest BCUT2D eigenvalue weighted by Crippen LogP contribution is -2.13. The van der Waals surface area contributed by atoms with E-state index in [0.717, 1.165) is 18.6 Å². The molecule has 0 bridgehead atoms. The number of H-pyrrole nitrogens is 1. The monoisotopic (exact) mass is 364 g/mol. The fourth-order valence-electron chi connectivity index (χ4n) is 2.04. The summed E-state index contributed by atoms with van der Waals surface area (Å²) in [5.74, 6) is 2.11. The first kappa shape index (κ1) is 19.1. The predicted octanol–water partition coefficient (Wildman–Crippen LogP) is 3.75. The van der Waals surface area contributed by atoms with Crippen LogP contribution in [0.4, 0.5) is 5.95 Å². The zero-order valence-electron chi connectivity index (χ0n) is 14.8. The molecular weight excluding hydrogens is 340 g/mol. The molecule has 0 aliphatic rings. The molecule has 0 saturated heterocycles. The molecule has 1 heterocycles. The normalized spacial score (nSPS) is 10.5. The lowest BCUT2D eigenvalue weighted by atomic mass is 10.2. The van der Waals surface area contributed by atoms with Crippen molar-refractivity contribution in [3.63, 3.8) is 0 Å². The number of carbonyl (C=O) groups excluding carboxylic acids is 1. The first-order valence-electron chi connectivity index (χ1n) is 8.44. The summed E-state index contributed by atoms with van der Waals surface area (Å²) in [4.78, 5) is 16.6. The first-order chi connectivity index (χ1) is 12.2. The number of benzene rings is 1. The molecule has 2 rings (SSSR count). The van der Waals surface area contributed by atoms with E-state index in [9.17, 15) is 4.79 Å². The van der Waals surface area contributed by atoms with Crippen LogP contribution in [-0.2, 0) is 0 Å². The highest BCUT2D eigenvalue weighted by molar-refractivity contribution is 7.99. The van der Waals surface area contributed by atoms with Gasteiger partial charge in [-0.1, -0.05) is 32.0 Å². The number of hydrogen-bond acceptors (Lipinski definition) is 6. The molecule has 1 aromatic carbocycles. The van der Waals surface area contributed by atoms with Crippen molar-refractivity contribution in [3.8, 4) is 11.5 Å². The average molecular weight is 364 g/mol. The number of aromatic amines is 1. The van der Waals surface area contributed by atoms with Crippen molar-refractivity contribution in [1.29, 1.82) is 0 Å². The van der Waals surface area contributed by atoms with Crippen LogP contribution in [0.15, 0.2) is 23.4 Å². The number of nitrogens with zero attached hydrogens (tertiary/aromatic N) is 2. The lowest BCUT2D eigenvalue weighted by Gasteiger charge is -2.13. The van der Waals surface area contributed by atoms with Gasteiger partial charge in [0, 0.05) is 5.56 Å². The van der Waals surface area contributed by atoms with Gasteiger partial charge in [0.25, 0.3) is 5.91 Å². The van der Waals surface area contributed by atoms with Gasteiger partial charge in [-0.05, 0) is 37.3 Å². The van der Waals surface area contributed by atoms with E-state index < -0.39 is 0 Å². The summed E-state index contributed by atoms with van der Waals surface area (Å²) in [6.07, 6.45) is 2.03. The molecule has 2 N–H and O–H groups in total. The van der Waals surface area contributed by atoms with E-state index in [1.54, 1.807) is 18.2 Å². The van der Waals surface area contributed by atoms with Crippen LogP contribution < -0.4 is 14.8 Å². The Labute approximate surface area is 151 Å². The Balaban J connectivity index is 2.08. The first-order valence-corrected chi connectivity index (χ1v) is 9.42. The molecule has 2 aromatic rings. The molecule has 1 aromatic heterocycles. The molecule has 8 heteroatoms. The highest BCUT2D eigenvalue weighted by atomic mass is 32.2. The average Bonchev–Trinajstić information content (AvgIpc) is 3.04. The minimum Gasteiger partial charge on any atom is -0.490 e. The molecule has 0 spiro atoms. The van der Waals surface area contributed by atoms with Crippen LogP contribution in [0.2, 0.25) is 0 Å². The number of rotatable bonds is 10. The van der Waals surface area contributed by atoms with Gasteiger partial charge in [-0.15, -0.1) is 5.10 Å². The van der Waals surface area contributed by atoms with Crippen molar-refractivity contribution in [2.24, 2.45) is 0 Å². The van der Waals surface area contributed by atoms with Gasteiger partial charge in [0.05, 0.1) is 13.2 Å². The molecule has 0 unspecified atom stereocenters. The van der Waals surface area contributed by atoms with Crippen LogP contribution in [0.25, 0.3) is 0 Å². The highest BCUT2D eigenvalue weighted by Crippen LogP contribution is 2.29. The molecule has 0 aliphatic heterocycles. The van der Waals surface area contributed by atoms with Crippen LogP contribution in [-0.4, -0.2) is 40.1 Å². The number of anilines is 1. The second kappa shape index (κ2) is 9.93. The molecule has 0 fully saturated rings. The van der Waals surface area contributed by atoms with Crippen molar-refractivity contribution in [2.75, 3.05) is 24.3 Å². The number of ether oxygens (including phenoxy) is 2. The smallest absolute Gasteiger partial charge is 0.258 e. The van der Waals surface area contributed by atoms with Crippen molar-refractivity contribution in [2.45, 2.75) is 38.8 Å². The topological polar surface area (TPSA) is 89.1 Å². The van der Waals surface area contributed by atoms with Crippen LogP contribution in [0.3, 0.4) is 0 Å². The van der Waals surface area contributed by atoms with Gasteiger partial charge in [-0.2, -0.15) is 4.98 Å². The molecule has 0 atom stereocenters. The van der Waals surface area contributed by atoms with E-state index in [0.29, 0.717) is 41.4 Å². The van der Waals surface area contributed by atoms with Crippen molar-refractivity contribution >= 4 is 23.6 Å². The molecule has 1 amide bonds. The largest absolute Gasteiger partial charge is 0.490 e. The number of unbranched alkanes of at least 4 members (excludes halogenated alkanes) is 1. The van der Waals surface area contributed by atoms with Gasteiger partial charge in [-0.3, -0.25) is 10.1 Å². The molecule has 25 heavy (non-hydrogen) atoms. The van der Waals surface area contributed by atoms with Crippen LogP contribution in [0, 0.1) is 0 Å². The predicted molar refractivity (Wildman–Crippen MR) is 98.7 cm³/mol. The fraction of sp³-hybridized carbons (Fsp3) is 0.471. The van der Waals surface area contributed by atoms with Crippen LogP contribution >= 0.6 is 11.8 Å². The third-order valence-electron chi connectivity index (χ3n) is 3.23. The summed E-state index contributed by atoms with van der Waals surface area (Å²) in [5, 5.41) is 10.0. The number of aromatic nitrogens is 3. The summed E-state index contributed by atoms with van der Waals surface area (Å²) < 4.78 is 11.3. The zero-order chi connectivity index (χ0) is 18.1. The Kier molecular flexibility index (Phi) is 7.59. The molecular formula is C17H24N4O3S. The van der Waals surface area contributed by atoms with Gasteiger partial charge in [0.1, 0.15) is 0 Å². The van der Waals surface area contributed by atoms with Crippen LogP contribution in [0.1, 0.15) is 44.0 Å². The number of thioether (sulfide) groups is 1. The summed E-state index contributed by atoms with van der Waals surface area (Å²) in [6.45, 7) is 7.13. The fourth-order valence-corrected chi connectivity index (χ4v) is 2.56. The maximum Gasteiger partial charge on any atom is 0.258 e. The molecule has 0 saturated carbocycles. The molecule has 0 aliphatic carbocycles. The van der Waals surface area contributed by atoms with Crippen molar-refractivity contribution in [1.82, 2.24) is 15.2 Å². The summed E-state index contributed by atoms with van der Waals surface area (Å²) in [6, 6.07) is 5.14. The van der Waals surface area contributed by atoms with Crippen molar-refractivity contribution < 1.29 is 14.3 Å². The van der Waals surface area contributed by atoms with Gasteiger partial charge in [-0.25, -0.2) is 5.10 Å². The zero-order valence-corrected chi connectivity index (χ0v) is 15.6. The van der Waals surface area contributed by atoms with E-state index in [-0.39, 0.29) is 5.91 Å². The summed E-state index contributed by atoms with van der Waals surface area (Å²) in [5.41, 5.74) is 0.465. The third-order valence-corrected chi connectivity index (χ3v) is 3.96. The van der Waals surface area contributed by atoms with E-state index >= 15 is 0 Å². The maximum atomic E-state index is 12.4. The van der Waals surface area contributed by atoms with Crippen molar-refractivity contribution in [3.05, 3.63) is 23.8 Å². The minimum absolute atomic E-state index is 0.287. The maximum absolute atomic E-state index is 12.4. The number of nitrogens with one attached hydrogen (secondary N) is 2. The second-order valence-electron chi connectivity index (χ2n) is 5.15. The Morgan fingerprint density at radius 2 is 2.08 bits per heavy atom. The molecule has 0 radical (unpaired) electrons. The Morgan fingerprint density at radius 3 is 2.80 bits per heavy atom. The third kappa shape index (κ3) is 5.67. The SMILES string of the molecule is CCCCOc1ccc(C(=O)Nc2nc(SCC)n[nH]2)cc1OCC.